The SMILES string of the molecule is COCCC(C)C1(O)CCCCC1. The fraction of sp³-hybridized carbons (Fsp3) is 1.00. The average Bonchev–Trinajstić information content (AvgIpc) is 2.15. The van der Waals surface area contributed by atoms with Crippen molar-refractivity contribution >= 4 is 0 Å². The Kier molecular flexibility index (Phi) is 4.20. The predicted molar refractivity (Wildman–Crippen MR) is 53.7 cm³/mol. The lowest BCUT2D eigenvalue weighted by Gasteiger charge is -2.37. The molecule has 0 aromatic carbocycles. The lowest BCUT2D eigenvalue weighted by molar-refractivity contribution is -0.0512. The summed E-state index contributed by atoms with van der Waals surface area (Å²) < 4.78 is 5.04. The second kappa shape index (κ2) is 4.97. The molecule has 0 aliphatic heterocycles. The van der Waals surface area contributed by atoms with E-state index in [9.17, 15) is 5.11 Å². The molecule has 1 atom stereocenters. The van der Waals surface area contributed by atoms with Crippen molar-refractivity contribution in [3.05, 3.63) is 0 Å². The molecule has 1 N–H and O–H groups in total. The van der Waals surface area contributed by atoms with Gasteiger partial charge in [-0.2, -0.15) is 0 Å². The van der Waals surface area contributed by atoms with Gasteiger partial charge in [-0.05, 0) is 25.2 Å². The molecule has 1 rings (SSSR count). The average molecular weight is 186 g/mol. The summed E-state index contributed by atoms with van der Waals surface area (Å²) in [5.74, 6) is 0.382. The van der Waals surface area contributed by atoms with E-state index in [4.69, 9.17) is 4.74 Å². The summed E-state index contributed by atoms with van der Waals surface area (Å²) in [4.78, 5) is 0. The van der Waals surface area contributed by atoms with Gasteiger partial charge in [0.25, 0.3) is 0 Å². The summed E-state index contributed by atoms with van der Waals surface area (Å²) in [6, 6.07) is 0. The highest BCUT2D eigenvalue weighted by molar-refractivity contribution is 4.86. The van der Waals surface area contributed by atoms with E-state index < -0.39 is 5.60 Å². The second-order valence-corrected chi connectivity index (χ2v) is 4.35. The van der Waals surface area contributed by atoms with Crippen molar-refractivity contribution in [3.63, 3.8) is 0 Å². The summed E-state index contributed by atoms with van der Waals surface area (Å²) >= 11 is 0. The molecule has 1 aliphatic rings. The smallest absolute Gasteiger partial charge is 0.0674 e. The van der Waals surface area contributed by atoms with Crippen LogP contribution in [0.25, 0.3) is 0 Å². The molecule has 1 aliphatic carbocycles. The normalized spacial score (nSPS) is 24.2. The first-order chi connectivity index (χ1) is 6.19. The van der Waals surface area contributed by atoms with Gasteiger partial charge in [0, 0.05) is 13.7 Å². The van der Waals surface area contributed by atoms with Crippen molar-refractivity contribution in [1.29, 1.82) is 0 Å². The van der Waals surface area contributed by atoms with Crippen LogP contribution >= 0.6 is 0 Å². The summed E-state index contributed by atoms with van der Waals surface area (Å²) in [5.41, 5.74) is -0.392. The maximum absolute atomic E-state index is 10.3. The molecule has 2 heteroatoms. The first-order valence-electron chi connectivity index (χ1n) is 5.40. The Bertz CT molecular complexity index is 139. The lowest BCUT2D eigenvalue weighted by Crippen LogP contribution is -2.38. The molecule has 0 spiro atoms. The van der Waals surface area contributed by atoms with Crippen molar-refractivity contribution < 1.29 is 9.84 Å². The molecule has 0 radical (unpaired) electrons. The van der Waals surface area contributed by atoms with E-state index in [1.807, 2.05) is 0 Å². The molecule has 0 amide bonds. The third-order valence-corrected chi connectivity index (χ3v) is 3.39. The molecule has 0 aromatic heterocycles. The van der Waals surface area contributed by atoms with E-state index in [2.05, 4.69) is 6.92 Å². The number of hydrogen-bond acceptors (Lipinski definition) is 2. The van der Waals surface area contributed by atoms with Gasteiger partial charge in [-0.15, -0.1) is 0 Å². The Labute approximate surface area is 81.3 Å². The molecule has 0 aromatic rings. The molecule has 13 heavy (non-hydrogen) atoms. The largest absolute Gasteiger partial charge is 0.390 e. The van der Waals surface area contributed by atoms with Crippen LogP contribution in [0, 0.1) is 5.92 Å². The number of rotatable bonds is 4. The van der Waals surface area contributed by atoms with Crippen LogP contribution in [0.15, 0.2) is 0 Å². The standard InChI is InChI=1S/C11H22O2/c1-10(6-9-13-2)11(12)7-4-3-5-8-11/h10,12H,3-9H2,1-2H3. The maximum Gasteiger partial charge on any atom is 0.0674 e. The molecule has 0 saturated heterocycles. The van der Waals surface area contributed by atoms with Crippen molar-refractivity contribution in [2.24, 2.45) is 5.92 Å². The first-order valence-corrected chi connectivity index (χ1v) is 5.40. The summed E-state index contributed by atoms with van der Waals surface area (Å²) in [6.45, 7) is 2.91. The molecule has 1 fully saturated rings. The van der Waals surface area contributed by atoms with Crippen molar-refractivity contribution in [3.8, 4) is 0 Å². The minimum Gasteiger partial charge on any atom is -0.390 e. The Morgan fingerprint density at radius 3 is 2.46 bits per heavy atom. The quantitative estimate of drug-likeness (QED) is 0.730. The van der Waals surface area contributed by atoms with Gasteiger partial charge in [-0.1, -0.05) is 26.2 Å². The Morgan fingerprint density at radius 1 is 1.31 bits per heavy atom. The number of aliphatic hydroxyl groups is 1. The van der Waals surface area contributed by atoms with E-state index in [0.717, 1.165) is 25.9 Å². The van der Waals surface area contributed by atoms with Gasteiger partial charge >= 0.3 is 0 Å². The fourth-order valence-corrected chi connectivity index (χ4v) is 2.22. The number of hydrogen-bond donors (Lipinski definition) is 1. The first kappa shape index (κ1) is 11.0. The zero-order valence-electron chi connectivity index (χ0n) is 8.88. The van der Waals surface area contributed by atoms with Gasteiger partial charge in [0.2, 0.25) is 0 Å². The Hall–Kier alpha value is -0.0800. The molecular formula is C11H22O2. The van der Waals surface area contributed by atoms with Crippen molar-refractivity contribution in [2.75, 3.05) is 13.7 Å². The lowest BCUT2D eigenvalue weighted by atomic mass is 9.75. The molecule has 0 heterocycles. The second-order valence-electron chi connectivity index (χ2n) is 4.35. The molecule has 0 bridgehead atoms. The molecule has 1 saturated carbocycles. The van der Waals surface area contributed by atoms with E-state index in [1.165, 1.54) is 19.3 Å². The van der Waals surface area contributed by atoms with Crippen LogP contribution in [0.1, 0.15) is 45.4 Å². The van der Waals surface area contributed by atoms with Crippen molar-refractivity contribution in [2.45, 2.75) is 51.0 Å². The molecule has 1 unspecified atom stereocenters. The van der Waals surface area contributed by atoms with Crippen LogP contribution in [0.4, 0.5) is 0 Å². The molecule has 78 valence electrons. The van der Waals surface area contributed by atoms with Gasteiger partial charge in [-0.3, -0.25) is 0 Å². The van der Waals surface area contributed by atoms with Crippen LogP contribution in [0.3, 0.4) is 0 Å². The topological polar surface area (TPSA) is 29.5 Å². The zero-order valence-corrected chi connectivity index (χ0v) is 8.88. The van der Waals surface area contributed by atoms with E-state index >= 15 is 0 Å². The highest BCUT2D eigenvalue weighted by Crippen LogP contribution is 2.35. The third kappa shape index (κ3) is 2.96. The Balaban J connectivity index is 2.37. The van der Waals surface area contributed by atoms with E-state index in [1.54, 1.807) is 7.11 Å². The van der Waals surface area contributed by atoms with Gasteiger partial charge in [0.15, 0.2) is 0 Å². The maximum atomic E-state index is 10.3. The van der Waals surface area contributed by atoms with Gasteiger partial charge in [0.05, 0.1) is 5.60 Å². The van der Waals surface area contributed by atoms with Crippen LogP contribution in [-0.4, -0.2) is 24.4 Å². The predicted octanol–water partition coefficient (Wildman–Crippen LogP) is 2.35. The van der Waals surface area contributed by atoms with Crippen LogP contribution in [0.2, 0.25) is 0 Å². The van der Waals surface area contributed by atoms with Gasteiger partial charge in [0.1, 0.15) is 0 Å². The van der Waals surface area contributed by atoms with Gasteiger partial charge in [-0.25, -0.2) is 0 Å². The van der Waals surface area contributed by atoms with E-state index in [0.29, 0.717) is 5.92 Å². The van der Waals surface area contributed by atoms with Crippen LogP contribution in [-0.2, 0) is 4.74 Å². The summed E-state index contributed by atoms with van der Waals surface area (Å²) in [6.07, 6.45) is 6.61. The monoisotopic (exact) mass is 186 g/mol. The summed E-state index contributed by atoms with van der Waals surface area (Å²) in [7, 11) is 1.72. The number of ether oxygens (including phenoxy) is 1. The van der Waals surface area contributed by atoms with Gasteiger partial charge < -0.3 is 9.84 Å². The van der Waals surface area contributed by atoms with Crippen LogP contribution < -0.4 is 0 Å². The highest BCUT2D eigenvalue weighted by atomic mass is 16.5. The highest BCUT2D eigenvalue weighted by Gasteiger charge is 2.34. The molecule has 2 nitrogen and oxygen atoms in total. The minimum atomic E-state index is -0.392. The zero-order chi connectivity index (χ0) is 9.73. The third-order valence-electron chi connectivity index (χ3n) is 3.39. The minimum absolute atomic E-state index is 0.382. The van der Waals surface area contributed by atoms with Crippen molar-refractivity contribution in [1.82, 2.24) is 0 Å². The fourth-order valence-electron chi connectivity index (χ4n) is 2.22. The summed E-state index contributed by atoms with van der Waals surface area (Å²) in [5, 5.41) is 10.3. The number of methoxy groups -OCH3 is 1. The Morgan fingerprint density at radius 2 is 1.92 bits per heavy atom. The molecular weight excluding hydrogens is 164 g/mol. The van der Waals surface area contributed by atoms with Crippen LogP contribution in [0.5, 0.6) is 0 Å². The van der Waals surface area contributed by atoms with E-state index in [-0.39, 0.29) is 0 Å².